The number of benzene rings is 2. The number of carbonyl (C=O) groups is 2. The van der Waals surface area contributed by atoms with E-state index in [0.717, 1.165) is 25.9 Å². The summed E-state index contributed by atoms with van der Waals surface area (Å²) in [6, 6.07) is 7.89. The van der Waals surface area contributed by atoms with Crippen molar-refractivity contribution in [1.82, 2.24) is 15.1 Å². The number of nitrogens with one attached hydrogen (secondary N) is 1. The fraction of sp³-hybridized carbons (Fsp3) is 0.562. The number of ether oxygens (including phenoxy) is 2. The van der Waals surface area contributed by atoms with Gasteiger partial charge in [-0.2, -0.15) is 0 Å². The van der Waals surface area contributed by atoms with Crippen molar-refractivity contribution in [3.63, 3.8) is 0 Å². The van der Waals surface area contributed by atoms with Gasteiger partial charge in [-0.1, -0.05) is 0 Å². The van der Waals surface area contributed by atoms with Gasteiger partial charge in [0.1, 0.15) is 11.6 Å². The molecule has 9 heteroatoms. The SMILES string of the molecule is COCCCOc1cc(C(=O)N(C(C)C)C2CCCNC2)c(C)cc1-c1cc(C(=O)N2CCC(C)(O)C2)ccc1F. The maximum Gasteiger partial charge on any atom is 0.254 e. The minimum atomic E-state index is -0.932. The van der Waals surface area contributed by atoms with Crippen molar-refractivity contribution in [2.24, 2.45) is 0 Å². The van der Waals surface area contributed by atoms with Gasteiger partial charge in [-0.3, -0.25) is 9.59 Å². The number of amides is 2. The van der Waals surface area contributed by atoms with E-state index in [2.05, 4.69) is 5.32 Å². The molecule has 41 heavy (non-hydrogen) atoms. The quantitative estimate of drug-likeness (QED) is 0.412. The van der Waals surface area contributed by atoms with Gasteiger partial charge in [0.15, 0.2) is 0 Å². The minimum absolute atomic E-state index is 0.00375. The molecular weight excluding hydrogens is 525 g/mol. The van der Waals surface area contributed by atoms with Crippen molar-refractivity contribution in [1.29, 1.82) is 0 Å². The number of halogens is 1. The maximum atomic E-state index is 15.4. The largest absolute Gasteiger partial charge is 0.493 e. The van der Waals surface area contributed by atoms with Gasteiger partial charge in [-0.15, -0.1) is 0 Å². The second kappa shape index (κ2) is 13.3. The van der Waals surface area contributed by atoms with Gasteiger partial charge in [-0.25, -0.2) is 4.39 Å². The van der Waals surface area contributed by atoms with E-state index in [1.807, 2.05) is 25.7 Å². The van der Waals surface area contributed by atoms with E-state index >= 15 is 4.39 Å². The zero-order chi connectivity index (χ0) is 29.7. The first-order valence-electron chi connectivity index (χ1n) is 14.6. The number of likely N-dealkylation sites (tertiary alicyclic amines) is 1. The van der Waals surface area contributed by atoms with E-state index < -0.39 is 11.4 Å². The summed E-state index contributed by atoms with van der Waals surface area (Å²) in [5, 5.41) is 13.7. The zero-order valence-electron chi connectivity index (χ0n) is 25.0. The van der Waals surface area contributed by atoms with Gasteiger partial charge in [-0.05, 0) is 89.4 Å². The molecule has 2 amide bonds. The zero-order valence-corrected chi connectivity index (χ0v) is 25.0. The summed E-state index contributed by atoms with van der Waals surface area (Å²) in [5.74, 6) is -0.450. The number of hydrogen-bond acceptors (Lipinski definition) is 6. The van der Waals surface area contributed by atoms with Crippen LogP contribution in [0.5, 0.6) is 5.75 Å². The molecule has 2 atom stereocenters. The van der Waals surface area contributed by atoms with Crippen LogP contribution in [0, 0.1) is 12.7 Å². The summed E-state index contributed by atoms with van der Waals surface area (Å²) >= 11 is 0. The first kappa shape index (κ1) is 30.9. The Morgan fingerprint density at radius 3 is 2.63 bits per heavy atom. The molecule has 2 aromatic carbocycles. The Kier molecular flexibility index (Phi) is 10.0. The second-order valence-electron chi connectivity index (χ2n) is 11.8. The molecule has 2 aliphatic heterocycles. The van der Waals surface area contributed by atoms with Gasteiger partial charge < -0.3 is 29.7 Å². The number of aryl methyl sites for hydroxylation is 1. The molecule has 4 rings (SSSR count). The summed E-state index contributed by atoms with van der Waals surface area (Å²) in [7, 11) is 1.62. The average Bonchev–Trinajstić information content (AvgIpc) is 3.31. The fourth-order valence-electron chi connectivity index (χ4n) is 5.83. The van der Waals surface area contributed by atoms with E-state index in [-0.39, 0.29) is 36.0 Å². The van der Waals surface area contributed by atoms with Gasteiger partial charge >= 0.3 is 0 Å². The molecule has 2 N–H and O–H groups in total. The van der Waals surface area contributed by atoms with Crippen molar-refractivity contribution in [3.05, 3.63) is 52.8 Å². The standard InChI is InChI=1S/C32H44FN3O5/c1-21(2)36(24-8-6-12-34-19-24)31(38)25-18-29(41-15-7-14-40-5)27(16-22(25)3)26-17-23(9-10-28(26)33)30(37)35-13-11-32(4,39)20-35/h9-10,16-18,21,24,34,39H,6-8,11-15,19-20H2,1-5H3. The summed E-state index contributed by atoms with van der Waals surface area (Å²) < 4.78 is 26.7. The van der Waals surface area contributed by atoms with Gasteiger partial charge in [0, 0.05) is 74.1 Å². The highest BCUT2D eigenvalue weighted by molar-refractivity contribution is 5.99. The number of nitrogens with zero attached hydrogens (tertiary/aromatic N) is 2. The van der Waals surface area contributed by atoms with Crippen LogP contribution in [-0.4, -0.2) is 90.9 Å². The Balaban J connectivity index is 1.72. The van der Waals surface area contributed by atoms with E-state index in [0.29, 0.717) is 60.6 Å². The first-order chi connectivity index (χ1) is 19.5. The Hall–Kier alpha value is -3.01. The molecule has 0 aromatic heterocycles. The predicted molar refractivity (Wildman–Crippen MR) is 157 cm³/mol. The summed E-state index contributed by atoms with van der Waals surface area (Å²) in [5.41, 5.74) is 1.32. The lowest BCUT2D eigenvalue weighted by Crippen LogP contribution is -2.51. The number of methoxy groups -OCH3 is 1. The van der Waals surface area contributed by atoms with Crippen molar-refractivity contribution in [2.45, 2.75) is 71.1 Å². The molecule has 2 unspecified atom stereocenters. The van der Waals surface area contributed by atoms with E-state index in [9.17, 15) is 14.7 Å². The monoisotopic (exact) mass is 569 g/mol. The van der Waals surface area contributed by atoms with Crippen LogP contribution in [0.2, 0.25) is 0 Å². The van der Waals surface area contributed by atoms with Crippen LogP contribution >= 0.6 is 0 Å². The maximum absolute atomic E-state index is 15.4. The first-order valence-corrected chi connectivity index (χ1v) is 14.6. The van der Waals surface area contributed by atoms with Crippen LogP contribution in [-0.2, 0) is 4.74 Å². The van der Waals surface area contributed by atoms with E-state index in [1.54, 1.807) is 31.1 Å². The van der Waals surface area contributed by atoms with Gasteiger partial charge in [0.25, 0.3) is 11.8 Å². The smallest absolute Gasteiger partial charge is 0.254 e. The average molecular weight is 570 g/mol. The highest BCUT2D eigenvalue weighted by Gasteiger charge is 2.35. The number of hydrogen-bond donors (Lipinski definition) is 2. The lowest BCUT2D eigenvalue weighted by Gasteiger charge is -2.38. The molecule has 8 nitrogen and oxygen atoms in total. The summed E-state index contributed by atoms with van der Waals surface area (Å²) in [6.07, 6.45) is 3.06. The second-order valence-corrected chi connectivity index (χ2v) is 11.8. The molecule has 2 aliphatic rings. The topological polar surface area (TPSA) is 91.3 Å². The minimum Gasteiger partial charge on any atom is -0.493 e. The molecule has 2 heterocycles. The van der Waals surface area contributed by atoms with Crippen molar-refractivity contribution < 1.29 is 28.6 Å². The lowest BCUT2D eigenvalue weighted by atomic mass is 9.95. The molecule has 0 aliphatic carbocycles. The number of piperidine rings is 1. The molecule has 0 bridgehead atoms. The summed E-state index contributed by atoms with van der Waals surface area (Å²) in [6.45, 7) is 10.8. The van der Waals surface area contributed by atoms with Crippen LogP contribution < -0.4 is 10.1 Å². The van der Waals surface area contributed by atoms with E-state index in [1.165, 1.54) is 18.2 Å². The molecule has 0 radical (unpaired) electrons. The van der Waals surface area contributed by atoms with Crippen LogP contribution in [0.15, 0.2) is 30.3 Å². The molecule has 2 aromatic rings. The van der Waals surface area contributed by atoms with E-state index in [4.69, 9.17) is 9.47 Å². The molecule has 224 valence electrons. The Labute approximate surface area is 242 Å². The van der Waals surface area contributed by atoms with Crippen LogP contribution in [0.3, 0.4) is 0 Å². The van der Waals surface area contributed by atoms with Crippen molar-refractivity contribution in [3.8, 4) is 16.9 Å². The molecular formula is C32H44FN3O5. The third-order valence-corrected chi connectivity index (χ3v) is 8.00. The lowest BCUT2D eigenvalue weighted by molar-refractivity contribution is 0.0572. The highest BCUT2D eigenvalue weighted by atomic mass is 19.1. The number of carbonyl (C=O) groups excluding carboxylic acids is 2. The summed E-state index contributed by atoms with van der Waals surface area (Å²) in [4.78, 5) is 30.7. The Bertz CT molecular complexity index is 1240. The highest BCUT2D eigenvalue weighted by Crippen LogP contribution is 2.37. The van der Waals surface area contributed by atoms with Crippen LogP contribution in [0.25, 0.3) is 11.1 Å². The third kappa shape index (κ3) is 7.26. The van der Waals surface area contributed by atoms with Crippen LogP contribution in [0.4, 0.5) is 4.39 Å². The van der Waals surface area contributed by atoms with Crippen molar-refractivity contribution >= 4 is 11.8 Å². The van der Waals surface area contributed by atoms with Gasteiger partial charge in [0.05, 0.1) is 12.2 Å². The van der Waals surface area contributed by atoms with Gasteiger partial charge in [0.2, 0.25) is 0 Å². The fourth-order valence-corrected chi connectivity index (χ4v) is 5.83. The Morgan fingerprint density at radius 1 is 1.22 bits per heavy atom. The third-order valence-electron chi connectivity index (χ3n) is 8.00. The van der Waals surface area contributed by atoms with Crippen LogP contribution in [0.1, 0.15) is 72.7 Å². The number of β-amino-alcohol motifs (C(OH)–C–C–N with tert-alkyl or cyclic N) is 1. The van der Waals surface area contributed by atoms with Crippen molar-refractivity contribution in [2.75, 3.05) is 46.5 Å². The number of aliphatic hydroxyl groups is 1. The molecule has 0 saturated carbocycles. The predicted octanol–water partition coefficient (Wildman–Crippen LogP) is 4.42. The molecule has 2 fully saturated rings. The molecule has 0 spiro atoms. The number of rotatable bonds is 10. The normalized spacial score (nSPS) is 20.9. The Morgan fingerprint density at radius 2 is 2.00 bits per heavy atom. The molecule has 2 saturated heterocycles.